The first-order chi connectivity index (χ1) is 9.01. The van der Waals surface area contributed by atoms with Gasteiger partial charge in [0, 0.05) is 28.3 Å². The Bertz CT molecular complexity index is 552. The van der Waals surface area contributed by atoms with Gasteiger partial charge in [-0.05, 0) is 52.7 Å². The van der Waals surface area contributed by atoms with Crippen molar-refractivity contribution < 1.29 is 4.74 Å². The third kappa shape index (κ3) is 3.55. The SMILES string of the molecule is COc1cccc(C(C)(N)Cc2ccc(Br)cn2)c1. The lowest BCUT2D eigenvalue weighted by Crippen LogP contribution is -2.35. The molecule has 0 amide bonds. The fourth-order valence-electron chi connectivity index (χ4n) is 1.97. The Kier molecular flexibility index (Phi) is 4.22. The summed E-state index contributed by atoms with van der Waals surface area (Å²) in [6.07, 6.45) is 2.46. The number of pyridine rings is 1. The van der Waals surface area contributed by atoms with Gasteiger partial charge in [0.05, 0.1) is 7.11 Å². The summed E-state index contributed by atoms with van der Waals surface area (Å²) in [5, 5.41) is 0. The minimum absolute atomic E-state index is 0.477. The van der Waals surface area contributed by atoms with Gasteiger partial charge in [0.1, 0.15) is 5.75 Å². The van der Waals surface area contributed by atoms with Gasteiger partial charge in [-0.3, -0.25) is 4.98 Å². The third-order valence-electron chi connectivity index (χ3n) is 3.07. The maximum atomic E-state index is 6.42. The van der Waals surface area contributed by atoms with E-state index in [-0.39, 0.29) is 0 Å². The highest BCUT2D eigenvalue weighted by atomic mass is 79.9. The fraction of sp³-hybridized carbons (Fsp3) is 0.267. The predicted molar refractivity (Wildman–Crippen MR) is 80.2 cm³/mol. The van der Waals surface area contributed by atoms with E-state index in [0.717, 1.165) is 21.5 Å². The van der Waals surface area contributed by atoms with Gasteiger partial charge in [-0.2, -0.15) is 0 Å². The molecule has 1 aromatic carbocycles. The number of aromatic nitrogens is 1. The molecule has 0 spiro atoms. The molecule has 1 unspecified atom stereocenters. The number of ether oxygens (including phenoxy) is 1. The minimum Gasteiger partial charge on any atom is -0.497 e. The third-order valence-corrected chi connectivity index (χ3v) is 3.54. The van der Waals surface area contributed by atoms with Gasteiger partial charge in [-0.1, -0.05) is 12.1 Å². The van der Waals surface area contributed by atoms with Crippen LogP contribution >= 0.6 is 15.9 Å². The molecule has 1 heterocycles. The number of hydrogen-bond acceptors (Lipinski definition) is 3. The molecule has 1 atom stereocenters. The molecule has 0 aliphatic carbocycles. The van der Waals surface area contributed by atoms with Crippen LogP contribution in [0.3, 0.4) is 0 Å². The summed E-state index contributed by atoms with van der Waals surface area (Å²) in [5.74, 6) is 0.818. The molecular weight excluding hydrogens is 304 g/mol. The van der Waals surface area contributed by atoms with Crippen molar-refractivity contribution in [3.8, 4) is 5.75 Å². The Morgan fingerprint density at radius 1 is 1.32 bits per heavy atom. The van der Waals surface area contributed by atoms with E-state index in [1.807, 2.05) is 43.3 Å². The van der Waals surface area contributed by atoms with Gasteiger partial charge in [0.2, 0.25) is 0 Å². The van der Waals surface area contributed by atoms with Crippen molar-refractivity contribution in [1.29, 1.82) is 0 Å². The van der Waals surface area contributed by atoms with Crippen LogP contribution in [0.15, 0.2) is 47.1 Å². The smallest absolute Gasteiger partial charge is 0.119 e. The average molecular weight is 321 g/mol. The lowest BCUT2D eigenvalue weighted by molar-refractivity contribution is 0.410. The van der Waals surface area contributed by atoms with Crippen molar-refractivity contribution in [1.82, 2.24) is 4.98 Å². The fourth-order valence-corrected chi connectivity index (χ4v) is 2.20. The Hall–Kier alpha value is -1.39. The monoisotopic (exact) mass is 320 g/mol. The van der Waals surface area contributed by atoms with Crippen molar-refractivity contribution in [2.75, 3.05) is 7.11 Å². The number of nitrogens with zero attached hydrogens (tertiary/aromatic N) is 1. The average Bonchev–Trinajstić information content (AvgIpc) is 2.41. The first-order valence-electron chi connectivity index (χ1n) is 6.05. The van der Waals surface area contributed by atoms with Crippen molar-refractivity contribution in [3.05, 3.63) is 58.3 Å². The van der Waals surface area contributed by atoms with E-state index < -0.39 is 5.54 Å². The molecule has 3 nitrogen and oxygen atoms in total. The molecule has 2 N–H and O–H groups in total. The maximum absolute atomic E-state index is 6.42. The second kappa shape index (κ2) is 5.72. The van der Waals surface area contributed by atoms with Crippen LogP contribution in [0.25, 0.3) is 0 Å². The summed E-state index contributed by atoms with van der Waals surface area (Å²) in [6.45, 7) is 2.01. The number of rotatable bonds is 4. The van der Waals surface area contributed by atoms with E-state index in [2.05, 4.69) is 20.9 Å². The van der Waals surface area contributed by atoms with Gasteiger partial charge in [-0.15, -0.1) is 0 Å². The zero-order chi connectivity index (χ0) is 13.9. The Balaban J connectivity index is 2.23. The van der Waals surface area contributed by atoms with Crippen molar-refractivity contribution in [2.24, 2.45) is 5.73 Å². The first kappa shape index (κ1) is 14.0. The Morgan fingerprint density at radius 2 is 2.11 bits per heavy atom. The molecule has 1 aromatic heterocycles. The highest BCUT2D eigenvalue weighted by molar-refractivity contribution is 9.10. The quantitative estimate of drug-likeness (QED) is 0.940. The summed E-state index contributed by atoms with van der Waals surface area (Å²) in [4.78, 5) is 4.37. The molecule has 0 fully saturated rings. The van der Waals surface area contributed by atoms with Crippen LogP contribution in [-0.2, 0) is 12.0 Å². The maximum Gasteiger partial charge on any atom is 0.119 e. The summed E-state index contributed by atoms with van der Waals surface area (Å²) >= 11 is 3.38. The minimum atomic E-state index is -0.477. The molecular formula is C15H17BrN2O. The van der Waals surface area contributed by atoms with Crippen LogP contribution < -0.4 is 10.5 Å². The summed E-state index contributed by atoms with van der Waals surface area (Å²) in [5.41, 5.74) is 7.95. The molecule has 19 heavy (non-hydrogen) atoms. The van der Waals surface area contributed by atoms with Crippen LogP contribution in [0.4, 0.5) is 0 Å². The standard InChI is InChI=1S/C15H17BrN2O/c1-15(17,9-13-7-6-12(16)10-18-13)11-4-3-5-14(8-11)19-2/h3-8,10H,9,17H2,1-2H3. The van der Waals surface area contributed by atoms with Crippen molar-refractivity contribution in [3.63, 3.8) is 0 Å². The van der Waals surface area contributed by atoms with Gasteiger partial charge in [0.25, 0.3) is 0 Å². The molecule has 2 rings (SSSR count). The van der Waals surface area contributed by atoms with Gasteiger partial charge < -0.3 is 10.5 Å². The highest BCUT2D eigenvalue weighted by Gasteiger charge is 2.22. The molecule has 4 heteroatoms. The molecule has 0 bridgehead atoms. The van der Waals surface area contributed by atoms with Crippen LogP contribution in [0.2, 0.25) is 0 Å². The Labute approximate surface area is 121 Å². The van der Waals surface area contributed by atoms with E-state index >= 15 is 0 Å². The summed E-state index contributed by atoms with van der Waals surface area (Å²) < 4.78 is 6.21. The van der Waals surface area contributed by atoms with Gasteiger partial charge >= 0.3 is 0 Å². The lowest BCUT2D eigenvalue weighted by atomic mass is 9.88. The zero-order valence-corrected chi connectivity index (χ0v) is 12.6. The second-order valence-electron chi connectivity index (χ2n) is 4.79. The van der Waals surface area contributed by atoms with Gasteiger partial charge in [0.15, 0.2) is 0 Å². The molecule has 0 saturated carbocycles. The van der Waals surface area contributed by atoms with E-state index in [9.17, 15) is 0 Å². The number of methoxy groups -OCH3 is 1. The lowest BCUT2D eigenvalue weighted by Gasteiger charge is -2.25. The van der Waals surface area contributed by atoms with E-state index in [4.69, 9.17) is 10.5 Å². The summed E-state index contributed by atoms with van der Waals surface area (Å²) in [7, 11) is 1.66. The molecule has 0 aliphatic rings. The van der Waals surface area contributed by atoms with Crippen molar-refractivity contribution in [2.45, 2.75) is 18.9 Å². The van der Waals surface area contributed by atoms with E-state index in [1.54, 1.807) is 13.3 Å². The van der Waals surface area contributed by atoms with Crippen LogP contribution in [-0.4, -0.2) is 12.1 Å². The highest BCUT2D eigenvalue weighted by Crippen LogP contribution is 2.25. The molecule has 0 radical (unpaired) electrons. The molecule has 2 aromatic rings. The number of hydrogen-bond donors (Lipinski definition) is 1. The number of benzene rings is 1. The van der Waals surface area contributed by atoms with Crippen LogP contribution in [0, 0.1) is 0 Å². The number of nitrogens with two attached hydrogens (primary N) is 1. The molecule has 0 aliphatic heterocycles. The van der Waals surface area contributed by atoms with Crippen LogP contribution in [0.5, 0.6) is 5.75 Å². The van der Waals surface area contributed by atoms with Crippen molar-refractivity contribution >= 4 is 15.9 Å². The van der Waals surface area contributed by atoms with Crippen LogP contribution in [0.1, 0.15) is 18.2 Å². The second-order valence-corrected chi connectivity index (χ2v) is 5.71. The van der Waals surface area contributed by atoms with Gasteiger partial charge in [-0.25, -0.2) is 0 Å². The summed E-state index contributed by atoms with van der Waals surface area (Å²) in [6, 6.07) is 11.8. The normalized spacial score (nSPS) is 13.9. The zero-order valence-electron chi connectivity index (χ0n) is 11.1. The first-order valence-corrected chi connectivity index (χ1v) is 6.84. The largest absolute Gasteiger partial charge is 0.497 e. The van der Waals surface area contributed by atoms with E-state index in [0.29, 0.717) is 6.42 Å². The Morgan fingerprint density at radius 3 is 2.74 bits per heavy atom. The predicted octanol–water partition coefficient (Wildman–Crippen LogP) is 3.27. The molecule has 100 valence electrons. The topological polar surface area (TPSA) is 48.1 Å². The van der Waals surface area contributed by atoms with E-state index in [1.165, 1.54) is 0 Å². The number of halogens is 1. The molecule has 0 saturated heterocycles.